The lowest BCUT2D eigenvalue weighted by molar-refractivity contribution is -0.148. The molecule has 2 unspecified atom stereocenters. The van der Waals surface area contributed by atoms with Gasteiger partial charge in [-0.25, -0.2) is 0 Å². The molecule has 1 spiro atoms. The standard InChI is InChI=1S/C31H39N3O7/c1-6-40-22-13-9-19(10-14-22)32-27(36)24-25-29(38)34(23(17-35)18(2)3)26(31(25)16-15-30(24,4)41-31)28(37)33-20-7-11-21(39-5)12-8-20/h7-14,18,23-26,35H,6,15-17H2,1-5H3,(H,32,36)(H,33,37)/t23-,24-,25-,26?,30+,31?/m0/s1. The van der Waals surface area contributed by atoms with Gasteiger partial charge in [0.25, 0.3) is 0 Å². The highest BCUT2D eigenvalue weighted by Gasteiger charge is 2.78. The van der Waals surface area contributed by atoms with Gasteiger partial charge in [0.05, 0.1) is 43.8 Å². The van der Waals surface area contributed by atoms with Crippen LogP contribution in [0.25, 0.3) is 0 Å². The van der Waals surface area contributed by atoms with Gasteiger partial charge in [0.15, 0.2) is 0 Å². The maximum atomic E-state index is 14.3. The third-order valence-corrected chi connectivity index (χ3v) is 8.85. The molecule has 0 radical (unpaired) electrons. The molecule has 3 amide bonds. The maximum Gasteiger partial charge on any atom is 0.250 e. The van der Waals surface area contributed by atoms with Crippen molar-refractivity contribution in [1.29, 1.82) is 0 Å². The Hall–Kier alpha value is -3.63. The molecule has 0 aliphatic carbocycles. The molecule has 2 aromatic rings. The van der Waals surface area contributed by atoms with Crippen LogP contribution in [0.2, 0.25) is 0 Å². The number of methoxy groups -OCH3 is 1. The second kappa shape index (κ2) is 11.0. The van der Waals surface area contributed by atoms with Gasteiger partial charge in [-0.2, -0.15) is 0 Å². The molecule has 3 aliphatic rings. The first-order chi connectivity index (χ1) is 19.6. The summed E-state index contributed by atoms with van der Waals surface area (Å²) < 4.78 is 17.4. The van der Waals surface area contributed by atoms with Gasteiger partial charge >= 0.3 is 0 Å². The number of carbonyl (C=O) groups is 3. The van der Waals surface area contributed by atoms with Crippen LogP contribution in [0, 0.1) is 17.8 Å². The fraction of sp³-hybridized carbons (Fsp3) is 0.516. The summed E-state index contributed by atoms with van der Waals surface area (Å²) in [5.41, 5.74) is -1.01. The Kier molecular flexibility index (Phi) is 7.74. The summed E-state index contributed by atoms with van der Waals surface area (Å²) in [4.78, 5) is 43.7. The van der Waals surface area contributed by atoms with Gasteiger partial charge in [0.1, 0.15) is 23.1 Å². The molecule has 3 fully saturated rings. The maximum absolute atomic E-state index is 14.3. The highest BCUT2D eigenvalue weighted by atomic mass is 16.5. The lowest BCUT2D eigenvalue weighted by Gasteiger charge is -2.38. The number of aliphatic hydroxyl groups is 1. The second-order valence-electron chi connectivity index (χ2n) is 11.6. The van der Waals surface area contributed by atoms with Crippen LogP contribution in [0.1, 0.15) is 40.5 Å². The van der Waals surface area contributed by atoms with Crippen LogP contribution in [0.3, 0.4) is 0 Å². The van der Waals surface area contributed by atoms with E-state index in [2.05, 4.69) is 10.6 Å². The van der Waals surface area contributed by atoms with Crippen LogP contribution in [-0.4, -0.2) is 71.3 Å². The monoisotopic (exact) mass is 565 g/mol. The summed E-state index contributed by atoms with van der Waals surface area (Å²) in [6, 6.07) is 12.3. The predicted octanol–water partition coefficient (Wildman–Crippen LogP) is 3.45. The molecule has 3 heterocycles. The SMILES string of the molecule is CCOc1ccc(NC(=O)[C@@H]2[C@H]3C(=O)N([C@@H](CO)C(C)C)C(C(=O)Nc4ccc(OC)cc4)C34CC[C@@]2(C)O4)cc1. The van der Waals surface area contributed by atoms with Crippen LogP contribution >= 0.6 is 0 Å². The minimum atomic E-state index is -1.20. The molecule has 3 aliphatic heterocycles. The van der Waals surface area contributed by atoms with E-state index in [9.17, 15) is 19.5 Å². The largest absolute Gasteiger partial charge is 0.497 e. The number of hydrogen-bond donors (Lipinski definition) is 3. The number of aliphatic hydroxyl groups excluding tert-OH is 1. The van der Waals surface area contributed by atoms with Crippen molar-refractivity contribution in [2.24, 2.45) is 17.8 Å². The number of fused-ring (bicyclic) bond motifs is 1. The molecular weight excluding hydrogens is 526 g/mol. The molecule has 220 valence electrons. The first kappa shape index (κ1) is 28.9. The fourth-order valence-corrected chi connectivity index (χ4v) is 6.95. The summed E-state index contributed by atoms with van der Waals surface area (Å²) in [5.74, 6) is -1.59. The quantitative estimate of drug-likeness (QED) is 0.403. The van der Waals surface area contributed by atoms with Gasteiger partial charge in [-0.15, -0.1) is 0 Å². The van der Waals surface area contributed by atoms with E-state index in [-0.39, 0.29) is 24.3 Å². The number of ether oxygens (including phenoxy) is 3. The van der Waals surface area contributed by atoms with E-state index in [1.807, 2.05) is 27.7 Å². The highest BCUT2D eigenvalue weighted by Crippen LogP contribution is 2.63. The molecule has 2 bridgehead atoms. The number of amides is 3. The van der Waals surface area contributed by atoms with Gasteiger partial charge in [-0.05, 0) is 81.1 Å². The molecule has 0 aromatic heterocycles. The topological polar surface area (TPSA) is 126 Å². The fourth-order valence-electron chi connectivity index (χ4n) is 6.95. The normalized spacial score (nSPS) is 28.9. The van der Waals surface area contributed by atoms with Crippen LogP contribution in [0.5, 0.6) is 11.5 Å². The Balaban J connectivity index is 1.49. The minimum Gasteiger partial charge on any atom is -0.497 e. The zero-order valence-corrected chi connectivity index (χ0v) is 24.2. The smallest absolute Gasteiger partial charge is 0.250 e. The molecule has 2 aromatic carbocycles. The van der Waals surface area contributed by atoms with Crippen LogP contribution in [0.4, 0.5) is 11.4 Å². The number of nitrogens with zero attached hydrogens (tertiary/aromatic N) is 1. The molecule has 3 saturated heterocycles. The van der Waals surface area contributed by atoms with Crippen LogP contribution < -0.4 is 20.1 Å². The average molecular weight is 566 g/mol. The molecule has 10 nitrogen and oxygen atoms in total. The zero-order chi connectivity index (χ0) is 29.5. The number of rotatable bonds is 10. The Morgan fingerprint density at radius 3 is 2.15 bits per heavy atom. The van der Waals surface area contributed by atoms with E-state index in [4.69, 9.17) is 14.2 Å². The Morgan fingerprint density at radius 1 is 1.02 bits per heavy atom. The summed E-state index contributed by atoms with van der Waals surface area (Å²) in [6.07, 6.45) is 0.962. The molecule has 41 heavy (non-hydrogen) atoms. The van der Waals surface area contributed by atoms with Crippen molar-refractivity contribution in [1.82, 2.24) is 4.90 Å². The third-order valence-electron chi connectivity index (χ3n) is 8.85. The van der Waals surface area contributed by atoms with E-state index < -0.39 is 41.0 Å². The van der Waals surface area contributed by atoms with Crippen molar-refractivity contribution in [3.05, 3.63) is 48.5 Å². The van der Waals surface area contributed by atoms with Gasteiger partial charge < -0.3 is 34.9 Å². The number of anilines is 2. The van der Waals surface area contributed by atoms with Crippen LogP contribution in [-0.2, 0) is 19.1 Å². The molecule has 3 N–H and O–H groups in total. The summed E-state index contributed by atoms with van der Waals surface area (Å²) >= 11 is 0. The first-order valence-electron chi connectivity index (χ1n) is 14.2. The van der Waals surface area contributed by atoms with Crippen LogP contribution in [0.15, 0.2) is 48.5 Å². The molecule has 5 rings (SSSR count). The summed E-state index contributed by atoms with van der Waals surface area (Å²) in [6.45, 7) is 7.75. The molecule has 10 heteroatoms. The number of carbonyl (C=O) groups excluding carboxylic acids is 3. The minimum absolute atomic E-state index is 0.139. The first-order valence-corrected chi connectivity index (χ1v) is 14.2. The lowest BCUT2D eigenvalue weighted by Crippen LogP contribution is -2.57. The lowest BCUT2D eigenvalue weighted by atomic mass is 9.66. The highest BCUT2D eigenvalue weighted by molar-refractivity contribution is 6.05. The zero-order valence-electron chi connectivity index (χ0n) is 24.2. The number of nitrogens with one attached hydrogen (secondary N) is 2. The number of hydrogen-bond acceptors (Lipinski definition) is 7. The van der Waals surface area contributed by atoms with Gasteiger partial charge in [0.2, 0.25) is 17.7 Å². The van der Waals surface area contributed by atoms with Gasteiger partial charge in [0, 0.05) is 11.4 Å². The predicted molar refractivity (Wildman–Crippen MR) is 153 cm³/mol. The molecule has 0 saturated carbocycles. The van der Waals surface area contributed by atoms with Gasteiger partial charge in [-0.3, -0.25) is 14.4 Å². The second-order valence-corrected chi connectivity index (χ2v) is 11.6. The summed E-state index contributed by atoms with van der Waals surface area (Å²) in [5, 5.41) is 16.3. The third kappa shape index (κ3) is 4.82. The van der Waals surface area contributed by atoms with Crippen molar-refractivity contribution in [3.8, 4) is 11.5 Å². The van der Waals surface area contributed by atoms with E-state index >= 15 is 0 Å². The summed E-state index contributed by atoms with van der Waals surface area (Å²) in [7, 11) is 1.56. The van der Waals surface area contributed by atoms with E-state index in [0.29, 0.717) is 42.3 Å². The number of likely N-dealkylation sites (tertiary alicyclic amines) is 1. The average Bonchev–Trinajstić information content (AvgIpc) is 3.51. The Morgan fingerprint density at radius 2 is 1.61 bits per heavy atom. The van der Waals surface area contributed by atoms with E-state index in [1.54, 1.807) is 55.6 Å². The van der Waals surface area contributed by atoms with Crippen molar-refractivity contribution in [3.63, 3.8) is 0 Å². The Labute approximate surface area is 240 Å². The molecule has 6 atom stereocenters. The van der Waals surface area contributed by atoms with Crippen molar-refractivity contribution >= 4 is 29.1 Å². The van der Waals surface area contributed by atoms with E-state index in [0.717, 1.165) is 0 Å². The van der Waals surface area contributed by atoms with Crippen molar-refractivity contribution in [2.75, 3.05) is 31.0 Å². The van der Waals surface area contributed by atoms with Crippen molar-refractivity contribution in [2.45, 2.75) is 63.8 Å². The van der Waals surface area contributed by atoms with Crippen molar-refractivity contribution < 1.29 is 33.7 Å². The number of benzene rings is 2. The van der Waals surface area contributed by atoms with Gasteiger partial charge in [-0.1, -0.05) is 13.8 Å². The molecular formula is C31H39N3O7. The Bertz CT molecular complexity index is 1300. The van der Waals surface area contributed by atoms with E-state index in [1.165, 1.54) is 4.90 Å².